The van der Waals surface area contributed by atoms with Gasteiger partial charge in [-0.1, -0.05) is 0 Å². The van der Waals surface area contributed by atoms with Crippen molar-refractivity contribution in [2.45, 2.75) is 0 Å². The van der Waals surface area contributed by atoms with Crippen molar-refractivity contribution < 1.29 is 4.39 Å². The van der Waals surface area contributed by atoms with Gasteiger partial charge in [-0.15, -0.1) is 0 Å². The molecular formula is C14H8BrFIN3. The summed E-state index contributed by atoms with van der Waals surface area (Å²) in [4.78, 5) is 8.66. The lowest BCUT2D eigenvalue weighted by Gasteiger charge is -2.10. The van der Waals surface area contributed by atoms with Gasteiger partial charge in [0.2, 0.25) is 0 Å². The number of hydrogen-bond donors (Lipinski definition) is 1. The Kier molecular flexibility index (Phi) is 3.84. The summed E-state index contributed by atoms with van der Waals surface area (Å²) in [6, 6.07) is 8.38. The third kappa shape index (κ3) is 2.76. The number of hydrogen-bond acceptors (Lipinski definition) is 3. The minimum Gasteiger partial charge on any atom is -0.353 e. The Morgan fingerprint density at radius 2 is 1.95 bits per heavy atom. The van der Waals surface area contributed by atoms with Crippen LogP contribution in [-0.4, -0.2) is 9.97 Å². The summed E-state index contributed by atoms with van der Waals surface area (Å²) in [5.74, 6) is -0.249. The maximum Gasteiger partial charge on any atom is 0.124 e. The first-order chi connectivity index (χ1) is 9.63. The average Bonchev–Trinajstić information content (AvgIpc) is 2.41. The van der Waals surface area contributed by atoms with Gasteiger partial charge in [0.25, 0.3) is 0 Å². The third-order valence-electron chi connectivity index (χ3n) is 2.74. The molecule has 2 heterocycles. The maximum atomic E-state index is 13.1. The van der Waals surface area contributed by atoms with E-state index < -0.39 is 0 Å². The van der Waals surface area contributed by atoms with Crippen LogP contribution < -0.4 is 5.32 Å². The van der Waals surface area contributed by atoms with Crippen LogP contribution in [0.2, 0.25) is 0 Å². The second-order valence-electron chi connectivity index (χ2n) is 4.13. The van der Waals surface area contributed by atoms with Crippen LogP contribution in [0.15, 0.2) is 47.2 Å². The van der Waals surface area contributed by atoms with Crippen LogP contribution in [0.1, 0.15) is 0 Å². The van der Waals surface area contributed by atoms with Gasteiger partial charge in [-0.2, -0.15) is 0 Å². The lowest BCUT2D eigenvalue weighted by Crippen LogP contribution is -1.96. The molecule has 0 bridgehead atoms. The quantitative estimate of drug-likeness (QED) is 0.573. The second-order valence-corrected chi connectivity index (χ2v) is 6.21. The van der Waals surface area contributed by atoms with Crippen LogP contribution in [0.3, 0.4) is 0 Å². The number of aromatic nitrogens is 2. The Morgan fingerprint density at radius 3 is 2.75 bits per heavy atom. The normalized spacial score (nSPS) is 10.8. The van der Waals surface area contributed by atoms with E-state index in [1.807, 2.05) is 12.1 Å². The van der Waals surface area contributed by atoms with Crippen LogP contribution in [0, 0.1) is 9.39 Å². The van der Waals surface area contributed by atoms with Crippen LogP contribution >= 0.6 is 38.5 Å². The fourth-order valence-electron chi connectivity index (χ4n) is 1.84. The van der Waals surface area contributed by atoms with Crippen LogP contribution in [-0.2, 0) is 0 Å². The molecule has 0 aliphatic rings. The number of pyridine rings is 2. The topological polar surface area (TPSA) is 37.8 Å². The first-order valence-electron chi connectivity index (χ1n) is 5.76. The Morgan fingerprint density at radius 1 is 1.10 bits per heavy atom. The Bertz CT molecular complexity index is 794. The van der Waals surface area contributed by atoms with Gasteiger partial charge in [-0.25, -0.2) is 4.39 Å². The molecule has 0 aliphatic heterocycles. The molecule has 0 saturated carbocycles. The molecule has 2 aromatic heterocycles. The first-order valence-corrected chi connectivity index (χ1v) is 7.63. The molecule has 3 nitrogen and oxygen atoms in total. The molecule has 0 spiro atoms. The summed E-state index contributed by atoms with van der Waals surface area (Å²) < 4.78 is 14.8. The Balaban J connectivity index is 2.06. The van der Waals surface area contributed by atoms with Crippen molar-refractivity contribution in [1.29, 1.82) is 0 Å². The average molecular weight is 444 g/mol. The molecule has 20 heavy (non-hydrogen) atoms. The molecule has 0 amide bonds. The zero-order valence-corrected chi connectivity index (χ0v) is 13.8. The van der Waals surface area contributed by atoms with E-state index in [0.717, 1.165) is 30.5 Å². The minimum absolute atomic E-state index is 0.249. The summed E-state index contributed by atoms with van der Waals surface area (Å²) >= 11 is 5.47. The fourth-order valence-corrected chi connectivity index (χ4v) is 2.77. The monoisotopic (exact) mass is 443 g/mol. The summed E-state index contributed by atoms with van der Waals surface area (Å²) in [7, 11) is 0. The largest absolute Gasteiger partial charge is 0.353 e. The number of nitrogens with zero attached hydrogens (tertiary/aromatic N) is 2. The molecule has 3 rings (SSSR count). The lowest BCUT2D eigenvalue weighted by atomic mass is 10.2. The zero-order chi connectivity index (χ0) is 14.1. The van der Waals surface area contributed by atoms with Crippen LogP contribution in [0.25, 0.3) is 11.0 Å². The van der Waals surface area contributed by atoms with E-state index in [1.165, 1.54) is 12.1 Å². The number of fused-ring (bicyclic) bond motifs is 1. The molecule has 0 unspecified atom stereocenters. The van der Waals surface area contributed by atoms with Crippen molar-refractivity contribution in [3.63, 3.8) is 0 Å². The van der Waals surface area contributed by atoms with Gasteiger partial charge >= 0.3 is 0 Å². The van der Waals surface area contributed by atoms with E-state index in [0.29, 0.717) is 0 Å². The highest BCUT2D eigenvalue weighted by molar-refractivity contribution is 14.1. The first kappa shape index (κ1) is 13.7. The highest BCUT2D eigenvalue weighted by Crippen LogP contribution is 2.27. The predicted octanol–water partition coefficient (Wildman–Crippen LogP) is 4.88. The van der Waals surface area contributed by atoms with E-state index in [-0.39, 0.29) is 5.82 Å². The van der Waals surface area contributed by atoms with Crippen molar-refractivity contribution in [3.05, 3.63) is 56.6 Å². The van der Waals surface area contributed by atoms with E-state index >= 15 is 0 Å². The smallest absolute Gasteiger partial charge is 0.124 e. The molecule has 0 saturated heterocycles. The third-order valence-corrected chi connectivity index (χ3v) is 4.07. The molecule has 3 aromatic rings. The van der Waals surface area contributed by atoms with E-state index in [4.69, 9.17) is 0 Å². The lowest BCUT2D eigenvalue weighted by molar-refractivity contribution is 0.627. The fraction of sp³-hybridized carbons (Fsp3) is 0. The highest BCUT2D eigenvalue weighted by atomic mass is 127. The summed E-state index contributed by atoms with van der Waals surface area (Å²) in [5.41, 5.74) is 3.24. The number of halogens is 3. The number of anilines is 2. The van der Waals surface area contributed by atoms with Gasteiger partial charge in [-0.3, -0.25) is 9.97 Å². The Labute approximate surface area is 136 Å². The van der Waals surface area contributed by atoms with E-state index in [1.54, 1.807) is 18.5 Å². The number of benzene rings is 1. The minimum atomic E-state index is -0.249. The highest BCUT2D eigenvalue weighted by Gasteiger charge is 2.07. The van der Waals surface area contributed by atoms with Gasteiger partial charge in [-0.05, 0) is 68.9 Å². The molecule has 0 fully saturated rings. The molecule has 1 aromatic carbocycles. The van der Waals surface area contributed by atoms with Crippen molar-refractivity contribution in [2.24, 2.45) is 0 Å². The zero-order valence-electron chi connectivity index (χ0n) is 10.1. The summed E-state index contributed by atoms with van der Waals surface area (Å²) in [5, 5.41) is 3.27. The number of nitrogens with one attached hydrogen (secondary N) is 1. The molecule has 6 heteroatoms. The molecule has 0 aliphatic carbocycles. The van der Waals surface area contributed by atoms with Gasteiger partial charge < -0.3 is 5.32 Å². The van der Waals surface area contributed by atoms with Crippen LogP contribution in [0.5, 0.6) is 0 Å². The van der Waals surface area contributed by atoms with Gasteiger partial charge in [0.1, 0.15) is 11.3 Å². The molecule has 1 N–H and O–H groups in total. The van der Waals surface area contributed by atoms with Crippen LogP contribution in [0.4, 0.5) is 15.8 Å². The molecule has 100 valence electrons. The second kappa shape index (κ2) is 5.61. The van der Waals surface area contributed by atoms with E-state index in [2.05, 4.69) is 53.8 Å². The van der Waals surface area contributed by atoms with Crippen molar-refractivity contribution in [3.8, 4) is 0 Å². The molecule has 0 radical (unpaired) electrons. The van der Waals surface area contributed by atoms with Gasteiger partial charge in [0.15, 0.2) is 0 Å². The summed E-state index contributed by atoms with van der Waals surface area (Å²) in [6.07, 6.45) is 3.44. The molecular weight excluding hydrogens is 436 g/mol. The summed E-state index contributed by atoms with van der Waals surface area (Å²) in [6.45, 7) is 0. The van der Waals surface area contributed by atoms with Crippen molar-refractivity contribution in [2.75, 3.05) is 5.32 Å². The molecule has 0 atom stereocenters. The maximum absolute atomic E-state index is 13.1. The standard InChI is InChI=1S/C14H8BrFIN3/c15-8-5-13-14(19-7-8)12(3-4-18-13)20-11-2-1-9(16)6-10(11)17/h1-7H,(H,18,20). The predicted molar refractivity (Wildman–Crippen MR) is 89.6 cm³/mol. The van der Waals surface area contributed by atoms with E-state index in [9.17, 15) is 4.39 Å². The van der Waals surface area contributed by atoms with Gasteiger partial charge in [0, 0.05) is 20.4 Å². The van der Waals surface area contributed by atoms with Crippen molar-refractivity contribution in [1.82, 2.24) is 9.97 Å². The SMILES string of the molecule is Fc1ccc(Nc2ccnc3cc(Br)cnc23)c(I)c1. The van der Waals surface area contributed by atoms with Crippen molar-refractivity contribution >= 4 is 60.9 Å². The Hall–Kier alpha value is -1.28. The number of rotatable bonds is 2. The van der Waals surface area contributed by atoms with Gasteiger partial charge in [0.05, 0.1) is 16.9 Å².